The molecule has 6 nitrogen and oxygen atoms in total. The first-order chi connectivity index (χ1) is 14.6. The molecule has 0 saturated carbocycles. The van der Waals surface area contributed by atoms with Crippen LogP contribution in [0.15, 0.2) is 59.7 Å². The zero-order chi connectivity index (χ0) is 20.9. The molecule has 1 aliphatic heterocycles. The third-order valence-electron chi connectivity index (χ3n) is 5.14. The van der Waals surface area contributed by atoms with Crippen molar-refractivity contribution in [3.63, 3.8) is 0 Å². The molecule has 2 heterocycles. The third kappa shape index (κ3) is 4.59. The summed E-state index contributed by atoms with van der Waals surface area (Å²) >= 11 is 0. The van der Waals surface area contributed by atoms with Gasteiger partial charge in [-0.25, -0.2) is 13.8 Å². The highest BCUT2D eigenvalue weighted by Gasteiger charge is 2.25. The Labute approximate surface area is 174 Å². The summed E-state index contributed by atoms with van der Waals surface area (Å²) in [6.45, 7) is 1.80. The lowest BCUT2D eigenvalue weighted by Gasteiger charge is -2.20. The van der Waals surface area contributed by atoms with Crippen LogP contribution < -0.4 is 15.5 Å². The fourth-order valence-corrected chi connectivity index (χ4v) is 3.61. The Hall–Kier alpha value is -3.42. The van der Waals surface area contributed by atoms with E-state index in [1.54, 1.807) is 7.05 Å². The molecule has 1 unspecified atom stereocenters. The van der Waals surface area contributed by atoms with Crippen LogP contribution in [0, 0.1) is 11.6 Å². The van der Waals surface area contributed by atoms with Gasteiger partial charge in [-0.15, -0.1) is 0 Å². The van der Waals surface area contributed by atoms with E-state index < -0.39 is 11.6 Å². The van der Waals surface area contributed by atoms with E-state index in [0.717, 1.165) is 29.6 Å². The average molecular weight is 410 g/mol. The van der Waals surface area contributed by atoms with Gasteiger partial charge in [0, 0.05) is 32.2 Å². The van der Waals surface area contributed by atoms with Crippen LogP contribution in [0.3, 0.4) is 0 Å². The van der Waals surface area contributed by atoms with Gasteiger partial charge in [-0.3, -0.25) is 4.99 Å². The number of imidazole rings is 1. The zero-order valence-corrected chi connectivity index (χ0v) is 16.7. The molecule has 1 saturated heterocycles. The van der Waals surface area contributed by atoms with E-state index in [1.165, 1.54) is 12.1 Å². The van der Waals surface area contributed by atoms with Crippen molar-refractivity contribution in [1.29, 1.82) is 0 Å². The predicted molar refractivity (Wildman–Crippen MR) is 114 cm³/mol. The van der Waals surface area contributed by atoms with Gasteiger partial charge in [-0.05, 0) is 24.1 Å². The third-order valence-corrected chi connectivity index (χ3v) is 5.14. The van der Waals surface area contributed by atoms with Crippen molar-refractivity contribution in [2.45, 2.75) is 19.0 Å². The molecular formula is C22H24F2N6. The molecule has 0 radical (unpaired) electrons. The highest BCUT2D eigenvalue weighted by molar-refractivity contribution is 5.80. The maximum atomic E-state index is 14.0. The lowest BCUT2D eigenvalue weighted by Crippen LogP contribution is -2.44. The Morgan fingerprint density at radius 3 is 2.83 bits per heavy atom. The van der Waals surface area contributed by atoms with E-state index >= 15 is 0 Å². The van der Waals surface area contributed by atoms with E-state index in [-0.39, 0.29) is 6.04 Å². The molecule has 1 atom stereocenters. The highest BCUT2D eigenvalue weighted by atomic mass is 19.1. The number of anilines is 1. The number of hydrogen-bond acceptors (Lipinski definition) is 3. The first-order valence-corrected chi connectivity index (χ1v) is 9.89. The summed E-state index contributed by atoms with van der Waals surface area (Å²) in [7, 11) is 1.71. The summed E-state index contributed by atoms with van der Waals surface area (Å²) in [6, 6.07) is 13.8. The minimum absolute atomic E-state index is 0.108. The van der Waals surface area contributed by atoms with Gasteiger partial charge in [0.2, 0.25) is 0 Å². The maximum Gasteiger partial charge on any atom is 0.191 e. The van der Waals surface area contributed by atoms with Gasteiger partial charge in [0.25, 0.3) is 0 Å². The fourth-order valence-electron chi connectivity index (χ4n) is 3.61. The number of nitrogens with zero attached hydrogens (tertiary/aromatic N) is 3. The largest absolute Gasteiger partial charge is 0.367 e. The number of benzene rings is 2. The molecule has 0 spiro atoms. The van der Waals surface area contributed by atoms with Gasteiger partial charge in [0.05, 0.1) is 24.1 Å². The van der Waals surface area contributed by atoms with Crippen molar-refractivity contribution in [1.82, 2.24) is 20.6 Å². The number of halogens is 2. The average Bonchev–Trinajstić information content (AvgIpc) is 3.41. The van der Waals surface area contributed by atoms with Gasteiger partial charge >= 0.3 is 0 Å². The van der Waals surface area contributed by atoms with E-state index in [2.05, 4.69) is 25.6 Å². The molecule has 3 aromatic rings. The lowest BCUT2D eigenvalue weighted by atomic mass is 10.2. The van der Waals surface area contributed by atoms with Crippen molar-refractivity contribution in [3.05, 3.63) is 72.2 Å². The molecular weight excluding hydrogens is 386 g/mol. The Bertz CT molecular complexity index is 1020. The second kappa shape index (κ2) is 8.94. The van der Waals surface area contributed by atoms with Gasteiger partial charge in [0.1, 0.15) is 17.5 Å². The Morgan fingerprint density at radius 2 is 2.07 bits per heavy atom. The van der Waals surface area contributed by atoms with Crippen LogP contribution in [0.5, 0.6) is 0 Å². The van der Waals surface area contributed by atoms with E-state index in [1.807, 2.05) is 41.4 Å². The van der Waals surface area contributed by atoms with Crippen molar-refractivity contribution >= 4 is 11.6 Å². The Kier molecular flexibility index (Phi) is 5.92. The van der Waals surface area contributed by atoms with Gasteiger partial charge in [-0.2, -0.15) is 0 Å². The number of guanidine groups is 1. The van der Waals surface area contributed by atoms with Crippen molar-refractivity contribution in [2.75, 3.05) is 25.0 Å². The molecule has 0 bridgehead atoms. The van der Waals surface area contributed by atoms with Crippen LogP contribution in [0.1, 0.15) is 12.2 Å². The van der Waals surface area contributed by atoms with Gasteiger partial charge in [-0.1, -0.05) is 30.3 Å². The molecule has 8 heteroatoms. The molecule has 1 fully saturated rings. The summed E-state index contributed by atoms with van der Waals surface area (Å²) < 4.78 is 27.2. The van der Waals surface area contributed by atoms with Crippen LogP contribution in [0.2, 0.25) is 0 Å². The molecule has 0 amide bonds. The van der Waals surface area contributed by atoms with Crippen LogP contribution >= 0.6 is 0 Å². The second-order valence-corrected chi connectivity index (χ2v) is 7.21. The van der Waals surface area contributed by atoms with Crippen LogP contribution in [0.25, 0.3) is 11.3 Å². The second-order valence-electron chi connectivity index (χ2n) is 7.21. The van der Waals surface area contributed by atoms with Gasteiger partial charge in [0.15, 0.2) is 5.96 Å². The molecule has 1 aromatic heterocycles. The SMILES string of the molecule is CN=C(NCc1ncc(-c2ccccc2)[nH]1)NC1CCN(c2ccc(F)cc2F)C1. The molecule has 3 N–H and O–H groups in total. The normalized spacial score (nSPS) is 16.7. The smallest absolute Gasteiger partial charge is 0.191 e. The van der Waals surface area contributed by atoms with Crippen molar-refractivity contribution < 1.29 is 8.78 Å². The van der Waals surface area contributed by atoms with E-state index in [9.17, 15) is 8.78 Å². The lowest BCUT2D eigenvalue weighted by molar-refractivity contribution is 0.580. The first-order valence-electron chi connectivity index (χ1n) is 9.89. The highest BCUT2D eigenvalue weighted by Crippen LogP contribution is 2.24. The molecule has 2 aromatic carbocycles. The zero-order valence-electron chi connectivity index (χ0n) is 16.7. The quantitative estimate of drug-likeness (QED) is 0.446. The standard InChI is InChI=1S/C22H24F2N6/c1-25-22(27-13-21-26-12-19(29-21)15-5-3-2-4-6-15)28-17-9-10-30(14-17)20-8-7-16(23)11-18(20)24/h2-8,11-12,17H,9-10,13-14H2,1H3,(H,26,29)(H2,25,27,28). The fraction of sp³-hybridized carbons (Fsp3) is 0.273. The molecule has 4 rings (SSSR count). The summed E-state index contributed by atoms with van der Waals surface area (Å²) in [4.78, 5) is 13.9. The summed E-state index contributed by atoms with van der Waals surface area (Å²) in [5.74, 6) is 0.352. The minimum Gasteiger partial charge on any atom is -0.367 e. The molecule has 156 valence electrons. The number of rotatable bonds is 5. The number of aliphatic imine (C=N–C) groups is 1. The molecule has 0 aliphatic carbocycles. The Balaban J connectivity index is 1.31. The number of aromatic amines is 1. The first kappa shape index (κ1) is 19.9. The monoisotopic (exact) mass is 410 g/mol. The van der Waals surface area contributed by atoms with E-state index in [4.69, 9.17) is 0 Å². The van der Waals surface area contributed by atoms with Crippen molar-refractivity contribution in [2.24, 2.45) is 4.99 Å². The molecule has 1 aliphatic rings. The number of H-pyrrole nitrogens is 1. The minimum atomic E-state index is -0.567. The predicted octanol–water partition coefficient (Wildman–Crippen LogP) is 3.30. The summed E-state index contributed by atoms with van der Waals surface area (Å²) in [5, 5.41) is 6.62. The van der Waals surface area contributed by atoms with Crippen LogP contribution in [0.4, 0.5) is 14.5 Å². The van der Waals surface area contributed by atoms with Crippen molar-refractivity contribution in [3.8, 4) is 11.3 Å². The number of nitrogens with one attached hydrogen (secondary N) is 3. The van der Waals surface area contributed by atoms with Crippen LogP contribution in [-0.4, -0.2) is 42.1 Å². The van der Waals surface area contributed by atoms with Crippen LogP contribution in [-0.2, 0) is 6.54 Å². The Morgan fingerprint density at radius 1 is 1.23 bits per heavy atom. The van der Waals surface area contributed by atoms with Gasteiger partial charge < -0.3 is 20.5 Å². The summed E-state index contributed by atoms with van der Waals surface area (Å²) in [5.41, 5.74) is 2.47. The summed E-state index contributed by atoms with van der Waals surface area (Å²) in [6.07, 6.45) is 2.64. The van der Waals surface area contributed by atoms with E-state index in [0.29, 0.717) is 31.3 Å². The topological polar surface area (TPSA) is 68.3 Å². The number of aromatic nitrogens is 2. The number of hydrogen-bond donors (Lipinski definition) is 3. The molecule has 30 heavy (non-hydrogen) atoms. The maximum absolute atomic E-state index is 14.0.